The van der Waals surface area contributed by atoms with Gasteiger partial charge >= 0.3 is 0 Å². The third-order valence-corrected chi connectivity index (χ3v) is 7.03. The monoisotopic (exact) mass is 555 g/mol. The zero-order valence-corrected chi connectivity index (χ0v) is 21.7. The summed E-state index contributed by atoms with van der Waals surface area (Å²) in [4.78, 5) is 28.7. The predicted octanol–water partition coefficient (Wildman–Crippen LogP) is 5.59. The van der Waals surface area contributed by atoms with Crippen LogP contribution in [-0.2, 0) is 0 Å². The van der Waals surface area contributed by atoms with Crippen LogP contribution < -0.4 is 19.8 Å². The topological polar surface area (TPSA) is 94.8 Å². The maximum Gasteiger partial charge on any atom is 0.297 e. The van der Waals surface area contributed by atoms with Crippen LogP contribution in [0.15, 0.2) is 55.6 Å². The van der Waals surface area contributed by atoms with Gasteiger partial charge in [-0.2, -0.15) is 0 Å². The van der Waals surface area contributed by atoms with Gasteiger partial charge in [-0.3, -0.25) is 14.5 Å². The fourth-order valence-electron chi connectivity index (χ4n) is 4.11. The molecule has 0 bridgehead atoms. The van der Waals surface area contributed by atoms with Gasteiger partial charge in [0.2, 0.25) is 10.9 Å². The molecule has 35 heavy (non-hydrogen) atoms. The molecule has 10 heteroatoms. The molecule has 8 nitrogen and oxygen atoms in total. The zero-order chi connectivity index (χ0) is 24.7. The highest BCUT2D eigenvalue weighted by Crippen LogP contribution is 2.43. The van der Waals surface area contributed by atoms with E-state index in [9.17, 15) is 9.59 Å². The Morgan fingerprint density at radius 2 is 2.00 bits per heavy atom. The van der Waals surface area contributed by atoms with Crippen LogP contribution >= 0.6 is 27.3 Å². The van der Waals surface area contributed by atoms with Crippen molar-refractivity contribution in [3.8, 4) is 11.5 Å². The van der Waals surface area contributed by atoms with E-state index in [-0.39, 0.29) is 16.8 Å². The van der Waals surface area contributed by atoms with Gasteiger partial charge in [0.05, 0.1) is 30.7 Å². The molecule has 0 fully saturated rings. The van der Waals surface area contributed by atoms with E-state index in [0.717, 1.165) is 10.9 Å². The molecule has 1 atom stereocenters. The first-order chi connectivity index (χ1) is 16.9. The number of ether oxygens (including phenoxy) is 2. The van der Waals surface area contributed by atoms with E-state index in [2.05, 4.69) is 40.0 Å². The van der Waals surface area contributed by atoms with Gasteiger partial charge in [-0.25, -0.2) is 0 Å². The average Bonchev–Trinajstić information content (AvgIpc) is 3.46. The second kappa shape index (κ2) is 9.43. The van der Waals surface area contributed by atoms with Crippen molar-refractivity contribution in [3.63, 3.8) is 0 Å². The number of methoxy groups -OCH3 is 1. The standard InChI is InChI=1S/C25H22BrN3O5S/c1-13(2)8-9-33-18-6-4-14(10-19(18)32-3)21-20-22(30)16-11-15(26)5-7-17(16)34-23(20)24(31)29(21)25-28-27-12-35-25/h4-7,10-13,21H,8-9H2,1-3H3. The van der Waals surface area contributed by atoms with E-state index >= 15 is 0 Å². The summed E-state index contributed by atoms with van der Waals surface area (Å²) in [7, 11) is 1.56. The fraction of sp³-hybridized carbons (Fsp3) is 0.280. The number of benzene rings is 2. The van der Waals surface area contributed by atoms with Crippen LogP contribution in [0, 0.1) is 5.92 Å². The maximum absolute atomic E-state index is 13.7. The number of carbonyl (C=O) groups excluding carboxylic acids is 1. The van der Waals surface area contributed by atoms with Gasteiger partial charge in [-0.05, 0) is 48.2 Å². The second-order valence-corrected chi connectivity index (χ2v) is 10.3. The maximum atomic E-state index is 13.7. The highest BCUT2D eigenvalue weighted by Gasteiger charge is 2.45. The van der Waals surface area contributed by atoms with Gasteiger partial charge in [-0.1, -0.05) is 47.2 Å². The van der Waals surface area contributed by atoms with Crippen molar-refractivity contribution in [1.29, 1.82) is 0 Å². The molecule has 180 valence electrons. The van der Waals surface area contributed by atoms with Crippen LogP contribution in [0.4, 0.5) is 5.13 Å². The Hall–Kier alpha value is -3.24. The lowest BCUT2D eigenvalue weighted by atomic mass is 9.98. The number of anilines is 1. The number of aromatic nitrogens is 2. The molecule has 0 aliphatic carbocycles. The minimum atomic E-state index is -0.760. The Morgan fingerprint density at radius 3 is 2.71 bits per heavy atom. The number of halogens is 1. The number of amides is 1. The quantitative estimate of drug-likeness (QED) is 0.293. The molecule has 1 aliphatic heterocycles. The van der Waals surface area contributed by atoms with E-state index in [1.54, 1.807) is 37.4 Å². The highest BCUT2D eigenvalue weighted by molar-refractivity contribution is 9.10. The van der Waals surface area contributed by atoms with Crippen molar-refractivity contribution >= 4 is 49.3 Å². The fourth-order valence-corrected chi connectivity index (χ4v) is 5.05. The van der Waals surface area contributed by atoms with Gasteiger partial charge in [0.25, 0.3) is 5.91 Å². The van der Waals surface area contributed by atoms with E-state index in [1.807, 2.05) is 6.07 Å². The molecular weight excluding hydrogens is 534 g/mol. The van der Waals surface area contributed by atoms with Crippen molar-refractivity contribution in [1.82, 2.24) is 10.2 Å². The first-order valence-electron chi connectivity index (χ1n) is 11.1. The number of rotatable bonds is 7. The van der Waals surface area contributed by atoms with Gasteiger partial charge in [-0.15, -0.1) is 10.2 Å². The Bertz CT molecular complexity index is 1470. The Labute approximate surface area is 213 Å². The molecule has 0 radical (unpaired) electrons. The normalized spacial score (nSPS) is 15.2. The molecule has 0 saturated carbocycles. The lowest BCUT2D eigenvalue weighted by molar-refractivity contribution is 0.0970. The summed E-state index contributed by atoms with van der Waals surface area (Å²) in [6, 6.07) is 9.79. The molecule has 3 heterocycles. The first-order valence-corrected chi connectivity index (χ1v) is 12.7. The molecule has 1 unspecified atom stereocenters. The Balaban J connectivity index is 1.67. The van der Waals surface area contributed by atoms with E-state index in [0.29, 0.717) is 45.7 Å². The van der Waals surface area contributed by atoms with E-state index < -0.39 is 11.9 Å². The summed E-state index contributed by atoms with van der Waals surface area (Å²) in [5, 5.41) is 8.75. The third kappa shape index (κ3) is 4.21. The van der Waals surface area contributed by atoms with Crippen molar-refractivity contribution in [2.24, 2.45) is 5.92 Å². The van der Waals surface area contributed by atoms with Crippen LogP contribution in [0.3, 0.4) is 0 Å². The number of fused-ring (bicyclic) bond motifs is 2. The number of carbonyl (C=O) groups is 1. The second-order valence-electron chi connectivity index (χ2n) is 8.55. The predicted molar refractivity (Wildman–Crippen MR) is 137 cm³/mol. The van der Waals surface area contributed by atoms with E-state index in [4.69, 9.17) is 13.9 Å². The van der Waals surface area contributed by atoms with Gasteiger partial charge in [0.1, 0.15) is 11.1 Å². The molecule has 1 aliphatic rings. The van der Waals surface area contributed by atoms with Crippen molar-refractivity contribution in [2.45, 2.75) is 26.3 Å². The minimum absolute atomic E-state index is 0.00116. The summed E-state index contributed by atoms with van der Waals surface area (Å²) in [6.07, 6.45) is 0.907. The zero-order valence-electron chi connectivity index (χ0n) is 19.3. The Kier molecular flexibility index (Phi) is 6.33. The number of hydrogen-bond acceptors (Lipinski definition) is 8. The largest absolute Gasteiger partial charge is 0.493 e. The highest BCUT2D eigenvalue weighted by atomic mass is 79.9. The van der Waals surface area contributed by atoms with Crippen LogP contribution in [0.2, 0.25) is 0 Å². The van der Waals surface area contributed by atoms with Gasteiger partial charge < -0.3 is 13.9 Å². The average molecular weight is 556 g/mol. The van der Waals surface area contributed by atoms with Crippen LogP contribution in [0.1, 0.15) is 48.0 Å². The molecule has 2 aromatic carbocycles. The first kappa shape index (κ1) is 23.5. The molecule has 2 aromatic heterocycles. The molecule has 0 saturated heterocycles. The minimum Gasteiger partial charge on any atom is -0.493 e. The van der Waals surface area contributed by atoms with Crippen LogP contribution in [-0.4, -0.2) is 29.8 Å². The lowest BCUT2D eigenvalue weighted by Crippen LogP contribution is -2.29. The molecule has 0 spiro atoms. The molecule has 5 rings (SSSR count). The molecule has 4 aromatic rings. The summed E-state index contributed by atoms with van der Waals surface area (Å²) < 4.78 is 18.2. The SMILES string of the molecule is COc1cc(C2c3c(oc4ccc(Br)cc4c3=O)C(=O)N2c2nncs2)ccc1OCCC(C)C. The molecular formula is C25H22BrN3O5S. The van der Waals surface area contributed by atoms with Gasteiger partial charge in [0.15, 0.2) is 16.9 Å². The number of nitrogens with zero attached hydrogens (tertiary/aromatic N) is 3. The molecule has 0 N–H and O–H groups in total. The van der Waals surface area contributed by atoms with Crippen molar-refractivity contribution in [2.75, 3.05) is 18.6 Å². The van der Waals surface area contributed by atoms with Crippen molar-refractivity contribution < 1.29 is 18.7 Å². The Morgan fingerprint density at radius 1 is 1.17 bits per heavy atom. The summed E-state index contributed by atoms with van der Waals surface area (Å²) in [5.74, 6) is 1.17. The molecule has 1 amide bonds. The van der Waals surface area contributed by atoms with Crippen LogP contribution in [0.5, 0.6) is 11.5 Å². The summed E-state index contributed by atoms with van der Waals surface area (Å²) in [5.41, 5.74) is 2.53. The summed E-state index contributed by atoms with van der Waals surface area (Å²) >= 11 is 4.62. The van der Waals surface area contributed by atoms with E-state index in [1.165, 1.54) is 21.7 Å². The summed E-state index contributed by atoms with van der Waals surface area (Å²) in [6.45, 7) is 4.82. The van der Waals surface area contributed by atoms with Crippen molar-refractivity contribution in [3.05, 3.63) is 73.5 Å². The van der Waals surface area contributed by atoms with Gasteiger partial charge in [0, 0.05) is 4.47 Å². The number of hydrogen-bond donors (Lipinski definition) is 0. The smallest absolute Gasteiger partial charge is 0.297 e. The van der Waals surface area contributed by atoms with Crippen LogP contribution in [0.25, 0.3) is 11.0 Å². The lowest BCUT2D eigenvalue weighted by Gasteiger charge is -2.23. The third-order valence-electron chi connectivity index (χ3n) is 5.84.